The van der Waals surface area contributed by atoms with E-state index in [-0.39, 0.29) is 5.78 Å². The zero-order valence-corrected chi connectivity index (χ0v) is 15.9. The van der Waals surface area contributed by atoms with E-state index in [1.54, 1.807) is 18.2 Å². The summed E-state index contributed by atoms with van der Waals surface area (Å²) in [6.07, 6.45) is 6.39. The first-order valence-corrected chi connectivity index (χ1v) is 9.27. The van der Waals surface area contributed by atoms with E-state index in [0.717, 1.165) is 0 Å². The lowest BCUT2D eigenvalue weighted by Crippen LogP contribution is -2.69. The monoisotopic (exact) mass is 388 g/mol. The first kappa shape index (κ1) is 17.8. The van der Waals surface area contributed by atoms with Crippen molar-refractivity contribution >= 4 is 23.5 Å². The van der Waals surface area contributed by atoms with Crippen LogP contribution < -0.4 is 0 Å². The number of rotatable bonds is 0. The summed E-state index contributed by atoms with van der Waals surface area (Å²) in [4.78, 5) is 50.9. The fourth-order valence-corrected chi connectivity index (χ4v) is 5.06. The van der Waals surface area contributed by atoms with Crippen LogP contribution in [-0.4, -0.2) is 46.3 Å². The van der Waals surface area contributed by atoms with Gasteiger partial charge >= 0.3 is 11.9 Å². The van der Waals surface area contributed by atoms with Gasteiger partial charge in [0, 0.05) is 11.8 Å². The lowest BCUT2D eigenvalue weighted by atomic mass is 9.54. The number of ether oxygens (including phenoxy) is 4. The minimum atomic E-state index is -1.89. The van der Waals surface area contributed by atoms with Crippen molar-refractivity contribution in [1.29, 1.82) is 0 Å². The number of Topliss-reactive ketones (excluding diaryl/α,β-unsaturated/α-hetero) is 1. The molecule has 2 aliphatic heterocycles. The first-order valence-electron chi connectivity index (χ1n) is 9.27. The van der Waals surface area contributed by atoms with Crippen molar-refractivity contribution in [2.75, 3.05) is 0 Å². The molecule has 148 valence electrons. The van der Waals surface area contributed by atoms with Crippen LogP contribution in [0.3, 0.4) is 0 Å². The van der Waals surface area contributed by atoms with E-state index >= 15 is 0 Å². The minimum absolute atomic E-state index is 0.377. The van der Waals surface area contributed by atoms with Crippen molar-refractivity contribution in [1.82, 2.24) is 0 Å². The van der Waals surface area contributed by atoms with Crippen LogP contribution >= 0.6 is 0 Å². The topological polar surface area (TPSA) is 105 Å². The van der Waals surface area contributed by atoms with Gasteiger partial charge in [0.25, 0.3) is 11.6 Å². The van der Waals surface area contributed by atoms with Crippen LogP contribution in [0.2, 0.25) is 0 Å². The summed E-state index contributed by atoms with van der Waals surface area (Å²) >= 11 is 0. The molecule has 3 fully saturated rings. The summed E-state index contributed by atoms with van der Waals surface area (Å²) in [5, 5.41) is 0. The van der Waals surface area contributed by atoms with Gasteiger partial charge in [0.05, 0.1) is 11.8 Å². The highest BCUT2D eigenvalue weighted by Crippen LogP contribution is 2.60. The Kier molecular flexibility index (Phi) is 3.05. The molecular formula is C20H20O8. The molecule has 28 heavy (non-hydrogen) atoms. The molecule has 6 rings (SSSR count). The number of carbonyl (C=O) groups excluding carboxylic acids is 4. The Labute approximate surface area is 160 Å². The van der Waals surface area contributed by atoms with Gasteiger partial charge in [0.1, 0.15) is 0 Å². The third-order valence-electron chi connectivity index (χ3n) is 6.36. The number of hydrogen-bond acceptors (Lipinski definition) is 8. The fourth-order valence-electron chi connectivity index (χ4n) is 5.06. The molecule has 2 saturated heterocycles. The third kappa shape index (κ3) is 1.83. The molecule has 0 unspecified atom stereocenters. The van der Waals surface area contributed by atoms with Gasteiger partial charge in [-0.05, 0) is 33.8 Å². The van der Waals surface area contributed by atoms with Crippen molar-refractivity contribution in [2.24, 2.45) is 23.7 Å². The van der Waals surface area contributed by atoms with Crippen molar-refractivity contribution in [2.45, 2.75) is 50.5 Å². The van der Waals surface area contributed by atoms with Crippen LogP contribution in [0.15, 0.2) is 24.3 Å². The summed E-state index contributed by atoms with van der Waals surface area (Å²) in [7, 11) is 0. The summed E-state index contributed by atoms with van der Waals surface area (Å²) in [5.41, 5.74) is -2.64. The predicted octanol–water partition coefficient (Wildman–Crippen LogP) is 0.839. The molecule has 2 spiro atoms. The second kappa shape index (κ2) is 4.80. The minimum Gasteiger partial charge on any atom is -0.422 e. The molecule has 8 heteroatoms. The number of esters is 2. The molecular weight excluding hydrogens is 368 g/mol. The summed E-state index contributed by atoms with van der Waals surface area (Å²) in [5.74, 6) is -8.69. The smallest absolute Gasteiger partial charge is 0.340 e. The third-order valence-corrected chi connectivity index (χ3v) is 6.36. The number of allylic oxidation sites excluding steroid dienone is 2. The largest absolute Gasteiger partial charge is 0.422 e. The normalized spacial score (nSPS) is 47.0. The molecule has 4 aliphatic carbocycles. The maximum absolute atomic E-state index is 13.3. The quantitative estimate of drug-likeness (QED) is 0.444. The van der Waals surface area contributed by atoms with E-state index in [0.29, 0.717) is 0 Å². The number of ketones is 2. The lowest BCUT2D eigenvalue weighted by molar-refractivity contribution is -0.276. The van der Waals surface area contributed by atoms with Crippen LogP contribution in [0.1, 0.15) is 27.7 Å². The molecule has 6 atom stereocenters. The number of carbonyl (C=O) groups is 4. The van der Waals surface area contributed by atoms with Crippen LogP contribution in [0.4, 0.5) is 0 Å². The molecule has 6 aliphatic rings. The van der Waals surface area contributed by atoms with E-state index in [4.69, 9.17) is 18.9 Å². The van der Waals surface area contributed by atoms with Crippen LogP contribution in [0, 0.1) is 23.7 Å². The van der Waals surface area contributed by atoms with E-state index in [9.17, 15) is 19.2 Å². The Bertz CT molecular complexity index is 911. The first-order chi connectivity index (χ1) is 12.9. The standard InChI is InChI=1S/C20H20O8/c1-17(2)15(23)25-19(27-17)11-7-5-10(14(19)22)9-6-8-12(21)20(13(9)11)26-16(24)18(3,4)28-20/h5-11,13H,1-4H3/t9-,10+,11-,13+,19-,20+/m1/s1. The lowest BCUT2D eigenvalue weighted by Gasteiger charge is -2.54. The average molecular weight is 388 g/mol. The SMILES string of the molecule is CC1(C)O[C@@]2(OC1=O)C(=O)C=C[C@H]1[C@H]2[C@H]2C=C[C@@H]1C(=O)[C@@]21OC(=O)C(C)(C)O1. The molecule has 0 aromatic carbocycles. The van der Waals surface area contributed by atoms with Crippen LogP contribution in [-0.2, 0) is 38.1 Å². The number of hydrogen-bond donors (Lipinski definition) is 0. The predicted molar refractivity (Wildman–Crippen MR) is 90.2 cm³/mol. The Morgan fingerprint density at radius 2 is 1.36 bits per heavy atom. The second-order valence-electron chi connectivity index (χ2n) is 8.97. The van der Waals surface area contributed by atoms with E-state index in [2.05, 4.69) is 0 Å². The van der Waals surface area contributed by atoms with Gasteiger partial charge in [-0.15, -0.1) is 0 Å². The van der Waals surface area contributed by atoms with Gasteiger partial charge in [-0.25, -0.2) is 9.59 Å². The molecule has 0 amide bonds. The van der Waals surface area contributed by atoms with E-state index in [1.165, 1.54) is 33.8 Å². The average Bonchev–Trinajstić information content (AvgIpc) is 2.99. The van der Waals surface area contributed by atoms with Crippen molar-refractivity contribution in [3.05, 3.63) is 24.3 Å². The van der Waals surface area contributed by atoms with Gasteiger partial charge in [0.2, 0.25) is 11.6 Å². The fraction of sp³-hybridized carbons (Fsp3) is 0.600. The molecule has 0 N–H and O–H groups in total. The van der Waals surface area contributed by atoms with Gasteiger partial charge < -0.3 is 18.9 Å². The Morgan fingerprint density at radius 1 is 0.786 bits per heavy atom. The summed E-state index contributed by atoms with van der Waals surface area (Å²) in [6, 6.07) is 0. The highest BCUT2D eigenvalue weighted by molar-refractivity contribution is 6.03. The highest BCUT2D eigenvalue weighted by atomic mass is 16.8. The maximum Gasteiger partial charge on any atom is 0.340 e. The molecule has 0 aromatic rings. The van der Waals surface area contributed by atoms with E-state index < -0.39 is 64.2 Å². The Balaban J connectivity index is 1.68. The molecule has 2 bridgehead atoms. The zero-order chi connectivity index (χ0) is 20.3. The Morgan fingerprint density at radius 3 is 1.89 bits per heavy atom. The summed E-state index contributed by atoms with van der Waals surface area (Å²) < 4.78 is 22.9. The molecule has 8 nitrogen and oxygen atoms in total. The van der Waals surface area contributed by atoms with E-state index in [1.807, 2.05) is 0 Å². The van der Waals surface area contributed by atoms with Crippen molar-refractivity contribution < 1.29 is 38.1 Å². The van der Waals surface area contributed by atoms with Gasteiger partial charge in [-0.1, -0.05) is 18.2 Å². The van der Waals surface area contributed by atoms with Crippen LogP contribution in [0.25, 0.3) is 0 Å². The molecule has 0 aromatic heterocycles. The van der Waals surface area contributed by atoms with Gasteiger partial charge in [-0.2, -0.15) is 0 Å². The van der Waals surface area contributed by atoms with Crippen molar-refractivity contribution in [3.63, 3.8) is 0 Å². The maximum atomic E-state index is 13.3. The Hall–Kier alpha value is -2.32. The molecule has 0 radical (unpaired) electrons. The second-order valence-corrected chi connectivity index (χ2v) is 8.97. The van der Waals surface area contributed by atoms with Crippen LogP contribution in [0.5, 0.6) is 0 Å². The van der Waals surface area contributed by atoms with Gasteiger partial charge in [0.15, 0.2) is 11.2 Å². The molecule has 1 saturated carbocycles. The van der Waals surface area contributed by atoms with Gasteiger partial charge in [-0.3, -0.25) is 9.59 Å². The zero-order valence-electron chi connectivity index (χ0n) is 15.9. The molecule has 2 heterocycles. The highest BCUT2D eigenvalue weighted by Gasteiger charge is 2.76. The summed E-state index contributed by atoms with van der Waals surface area (Å²) in [6.45, 7) is 6.10. The van der Waals surface area contributed by atoms with Crippen molar-refractivity contribution in [3.8, 4) is 0 Å².